The van der Waals surface area contributed by atoms with Crippen molar-refractivity contribution in [1.29, 1.82) is 0 Å². The van der Waals surface area contributed by atoms with Crippen LogP contribution >= 0.6 is 0 Å². The second-order valence-electron chi connectivity index (χ2n) is 17.6. The lowest BCUT2D eigenvalue weighted by molar-refractivity contribution is -0.127. The van der Waals surface area contributed by atoms with Gasteiger partial charge in [-0.1, -0.05) is 82.3 Å². The molecule has 60 heavy (non-hydrogen) atoms. The van der Waals surface area contributed by atoms with Crippen molar-refractivity contribution in [3.63, 3.8) is 0 Å². The molecule has 1 spiro atoms. The fraction of sp³-hybridized carbons (Fsp3) is 0.551. The van der Waals surface area contributed by atoms with E-state index in [4.69, 9.17) is 20.2 Å². The molecule has 8 rings (SSSR count). The summed E-state index contributed by atoms with van der Waals surface area (Å²) < 4.78 is 13.2. The number of rotatable bonds is 13. The topological polar surface area (TPSA) is 170 Å². The number of aromatic hydroxyl groups is 1. The molecule has 1 saturated carbocycles. The van der Waals surface area contributed by atoms with Crippen LogP contribution in [0.1, 0.15) is 131 Å². The number of nitrogens with two attached hydrogens (primary N) is 1. The van der Waals surface area contributed by atoms with E-state index in [0.717, 1.165) is 103 Å². The number of phenolic OH excluding ortho intramolecular Hbond substituents is 1. The van der Waals surface area contributed by atoms with Gasteiger partial charge in [0.15, 0.2) is 17.7 Å². The zero-order valence-electron chi connectivity index (χ0n) is 35.0. The van der Waals surface area contributed by atoms with Crippen LogP contribution in [0.3, 0.4) is 0 Å². The van der Waals surface area contributed by atoms with Crippen LogP contribution in [0.25, 0.3) is 0 Å². The predicted molar refractivity (Wildman–Crippen MR) is 230 cm³/mol. The Kier molecular flexibility index (Phi) is 12.7. The second kappa shape index (κ2) is 18.2. The molecule has 11 nitrogen and oxygen atoms in total. The molecule has 1 aliphatic carbocycles. The van der Waals surface area contributed by atoms with E-state index in [0.29, 0.717) is 37.1 Å². The number of phenols is 1. The summed E-state index contributed by atoms with van der Waals surface area (Å²) in [4.78, 5) is 20.9. The second-order valence-corrected chi connectivity index (χ2v) is 17.6. The molecule has 318 valence electrons. The van der Waals surface area contributed by atoms with Crippen molar-refractivity contribution in [2.75, 3.05) is 13.1 Å². The van der Waals surface area contributed by atoms with E-state index in [1.165, 1.54) is 6.07 Å². The Labute approximate surface area is 354 Å². The zero-order chi connectivity index (χ0) is 42.0. The molecule has 5 heterocycles. The van der Waals surface area contributed by atoms with Gasteiger partial charge in [-0.05, 0) is 84.4 Å². The lowest BCUT2D eigenvalue weighted by atomic mass is 9.73. The van der Waals surface area contributed by atoms with Gasteiger partial charge >= 0.3 is 0 Å². The minimum absolute atomic E-state index is 0.0408. The van der Waals surface area contributed by atoms with Crippen molar-refractivity contribution in [1.82, 2.24) is 10.2 Å². The van der Waals surface area contributed by atoms with Crippen LogP contribution in [0.2, 0.25) is 0 Å². The van der Waals surface area contributed by atoms with Gasteiger partial charge in [-0.3, -0.25) is 15.1 Å². The third kappa shape index (κ3) is 8.48. The van der Waals surface area contributed by atoms with Crippen LogP contribution in [0, 0.1) is 41.1 Å². The van der Waals surface area contributed by atoms with Crippen molar-refractivity contribution in [3.8, 4) is 41.1 Å². The molecule has 7 atom stereocenters. The van der Waals surface area contributed by atoms with E-state index in [9.17, 15) is 25.2 Å². The zero-order valence-corrected chi connectivity index (χ0v) is 35.0. The maximum absolute atomic E-state index is 13.8. The number of allylic oxidation sites excluding steroid dienone is 1. The maximum Gasteiger partial charge on any atom is 0.187 e. The minimum atomic E-state index is -1.07. The van der Waals surface area contributed by atoms with E-state index in [1.54, 1.807) is 6.07 Å². The van der Waals surface area contributed by atoms with E-state index in [-0.39, 0.29) is 42.7 Å². The Bertz CT molecular complexity index is 2180. The lowest BCUT2D eigenvalue weighted by Gasteiger charge is -2.39. The number of Topliss-reactive ketones (excluding diaryl/α,β-unsaturated/α-hetero) is 1. The number of aryl methyl sites for hydroxylation is 1. The Morgan fingerprint density at radius 3 is 2.68 bits per heavy atom. The number of benzene rings is 2. The predicted octanol–water partition coefficient (Wildman–Crippen LogP) is 6.17. The van der Waals surface area contributed by atoms with Gasteiger partial charge in [-0.25, -0.2) is 0 Å². The van der Waals surface area contributed by atoms with Crippen LogP contribution in [0.4, 0.5) is 0 Å². The number of unbranched alkanes of at least 4 members (excludes halogenated alkanes) is 2. The van der Waals surface area contributed by atoms with Crippen molar-refractivity contribution in [3.05, 3.63) is 75.6 Å². The van der Waals surface area contributed by atoms with Crippen LogP contribution < -0.4 is 20.5 Å². The number of hydrogen-bond acceptors (Lipinski definition) is 11. The molecule has 0 amide bonds. The number of aliphatic imine (C=N–C) groups is 1. The maximum atomic E-state index is 13.8. The van der Waals surface area contributed by atoms with Crippen molar-refractivity contribution in [2.24, 2.45) is 28.0 Å². The summed E-state index contributed by atoms with van der Waals surface area (Å²) in [7, 11) is 0. The number of nitrogens with zero attached hydrogens (tertiary/aromatic N) is 2. The first-order valence-corrected chi connectivity index (χ1v) is 22.3. The summed E-state index contributed by atoms with van der Waals surface area (Å²) >= 11 is 0. The van der Waals surface area contributed by atoms with Gasteiger partial charge in [-0.15, -0.1) is 0 Å². The molecular formula is C49H60N4O7. The van der Waals surface area contributed by atoms with Crippen molar-refractivity contribution in [2.45, 2.75) is 141 Å². The highest BCUT2D eigenvalue weighted by atomic mass is 16.5. The normalized spacial score (nSPS) is 24.8. The summed E-state index contributed by atoms with van der Waals surface area (Å²) in [5.41, 5.74) is 13.5. The molecule has 2 aromatic carbocycles. The third-order valence-corrected chi connectivity index (χ3v) is 13.6. The molecule has 2 aromatic rings. The average molecular weight is 817 g/mol. The number of carbonyl (C=O) groups excluding carboxylic acids is 1. The number of ketones is 1. The van der Waals surface area contributed by atoms with Crippen LogP contribution in [-0.4, -0.2) is 68.3 Å². The number of fused-ring (bicyclic) bond motifs is 8. The SMILES string of the molecule is CCCCCC(C(=O)CCc1cc2c(cc1O)OC#CC1(CCCC1)C1C#CC(O)c3ccc4c(c3CC3=CN=C5CN(C=C35)C1O2)CCNC4N)C(O)CC(O)CCC. The lowest BCUT2D eigenvalue weighted by Crippen LogP contribution is -2.47. The summed E-state index contributed by atoms with van der Waals surface area (Å²) in [5, 5.41) is 48.3. The van der Waals surface area contributed by atoms with Crippen LogP contribution in [0.5, 0.6) is 17.2 Å². The highest BCUT2D eigenvalue weighted by molar-refractivity contribution is 6.09. The van der Waals surface area contributed by atoms with E-state index >= 15 is 0 Å². The molecule has 0 saturated heterocycles. The number of aliphatic hydroxyl groups is 3. The monoisotopic (exact) mass is 816 g/mol. The molecule has 0 aromatic heterocycles. The fourth-order valence-electron chi connectivity index (χ4n) is 10.3. The molecule has 7 N–H and O–H groups in total. The van der Waals surface area contributed by atoms with Gasteiger partial charge in [0.25, 0.3) is 0 Å². The smallest absolute Gasteiger partial charge is 0.187 e. The molecular weight excluding hydrogens is 757 g/mol. The third-order valence-electron chi connectivity index (χ3n) is 13.6. The Hall–Kier alpha value is -4.62. The first-order valence-electron chi connectivity index (χ1n) is 22.3. The van der Waals surface area contributed by atoms with E-state index in [2.05, 4.69) is 47.2 Å². The number of hydrogen-bond donors (Lipinski definition) is 6. The molecule has 11 heteroatoms. The highest BCUT2D eigenvalue weighted by Gasteiger charge is 2.49. The summed E-state index contributed by atoms with van der Waals surface area (Å²) in [6, 6.07) is 7.22. The summed E-state index contributed by atoms with van der Waals surface area (Å²) in [5.74, 6) is 9.74. The van der Waals surface area contributed by atoms with E-state index < -0.39 is 41.8 Å². The average Bonchev–Trinajstić information content (AvgIpc) is 3.97. The molecule has 6 aliphatic rings. The Balaban J connectivity index is 1.14. The fourth-order valence-corrected chi connectivity index (χ4v) is 10.3. The first-order chi connectivity index (χ1) is 29.1. The van der Waals surface area contributed by atoms with Gasteiger partial charge in [0.1, 0.15) is 23.7 Å². The molecule has 5 aliphatic heterocycles. The standard InChI is InChI=1S/C49H60N4O7/c1-3-5-6-10-36(44(58)25-32(54)9-4-2)42(56)15-11-30-24-46-45(26-43(30)57)59-22-20-49(18-7-8-19-49)39-14-16-41(55)34-12-13-35-33(17-21-51-47(35)50)37(34)23-31-27-52-40-29-53(28-38(31)40)48(39)60-46/h12-13,24,26-28,32,36,39,41,44,47-48,51,54-55,57-58H,3-11,15,17-19,21,23,25,29,50H2,1-2H3. The summed E-state index contributed by atoms with van der Waals surface area (Å²) in [6.07, 6.45) is 13.4. The molecule has 1 fully saturated rings. The number of carbonyl (C=O) groups is 1. The van der Waals surface area contributed by atoms with Crippen LogP contribution in [-0.2, 0) is 24.1 Å². The molecule has 2 bridgehead atoms. The molecule has 7 unspecified atom stereocenters. The van der Waals surface area contributed by atoms with E-state index in [1.807, 2.05) is 25.3 Å². The van der Waals surface area contributed by atoms with Crippen molar-refractivity contribution >= 4 is 11.5 Å². The quantitative estimate of drug-likeness (QED) is 0.102. The van der Waals surface area contributed by atoms with Gasteiger partial charge in [-0.2, -0.15) is 0 Å². The number of aliphatic hydroxyl groups excluding tert-OH is 3. The number of ether oxygens (including phenoxy) is 2. The molecule has 0 radical (unpaired) electrons. The minimum Gasteiger partial charge on any atom is -0.508 e. The van der Waals surface area contributed by atoms with Crippen molar-refractivity contribution < 1.29 is 34.7 Å². The summed E-state index contributed by atoms with van der Waals surface area (Å²) in [6.45, 7) is 5.32. The Morgan fingerprint density at radius 2 is 1.88 bits per heavy atom. The van der Waals surface area contributed by atoms with Gasteiger partial charge in [0, 0.05) is 49.3 Å². The highest BCUT2D eigenvalue weighted by Crippen LogP contribution is 2.49. The van der Waals surface area contributed by atoms with Gasteiger partial charge < -0.3 is 40.5 Å². The number of nitrogens with one attached hydrogen (secondary N) is 1. The first kappa shape index (κ1) is 42.1. The van der Waals surface area contributed by atoms with Gasteiger partial charge in [0.05, 0.1) is 42.0 Å². The van der Waals surface area contributed by atoms with Gasteiger partial charge in [0.2, 0.25) is 0 Å². The van der Waals surface area contributed by atoms with Crippen LogP contribution in [0.15, 0.2) is 52.8 Å². The largest absolute Gasteiger partial charge is 0.508 e. The Morgan fingerprint density at radius 1 is 1.07 bits per heavy atom.